The van der Waals surface area contributed by atoms with E-state index in [1.807, 2.05) is 0 Å². The van der Waals surface area contributed by atoms with Crippen LogP contribution in [0.2, 0.25) is 0 Å². The molecule has 0 bridgehead atoms. The van der Waals surface area contributed by atoms with E-state index in [1.54, 1.807) is 20.0 Å². The van der Waals surface area contributed by atoms with Crippen molar-refractivity contribution < 1.29 is 18.0 Å². The maximum Gasteiger partial charge on any atom is 0.416 e. The number of halogens is 3. The Hall–Kier alpha value is -3.51. The number of pyridine rings is 1. The van der Waals surface area contributed by atoms with E-state index in [4.69, 9.17) is 5.73 Å². The smallest absolute Gasteiger partial charge is 0.402 e. The van der Waals surface area contributed by atoms with Gasteiger partial charge in [0.05, 0.1) is 28.7 Å². The average Bonchev–Trinajstić information content (AvgIpc) is 2.66. The van der Waals surface area contributed by atoms with Crippen LogP contribution in [-0.2, 0) is 11.0 Å². The standard InChI is InChI=1S/C20H20F3N5O/c1-4-19(29)26-15-7-5-6-13(9-15)16-10-14(20(21,22)23)11-18(27-16)28-17(25-3)8-12(2)24/h4,7-11,17,25H,1,24H2,2-3H3,(H,26,29)(H,27,28)/b12-8-. The lowest BCUT2D eigenvalue weighted by molar-refractivity contribution is -0.137. The number of likely N-dealkylation sites (N-methyl/N-ethyl adjacent to an activating group) is 1. The number of amides is 1. The highest BCUT2D eigenvalue weighted by Gasteiger charge is 2.32. The molecule has 29 heavy (non-hydrogen) atoms. The van der Waals surface area contributed by atoms with E-state index < -0.39 is 23.8 Å². The molecule has 0 spiro atoms. The first-order valence-corrected chi connectivity index (χ1v) is 8.46. The normalized spacial score (nSPS) is 12.7. The quantitative estimate of drug-likeness (QED) is 0.421. The SMILES string of the molecule is C=CC(=O)Nc1cc#cc(-c2cc(C(F)(F)F)cc(NC(/C=C(/C)N)NC)n2)c1. The largest absolute Gasteiger partial charge is 0.416 e. The van der Waals surface area contributed by atoms with Gasteiger partial charge in [-0.15, -0.1) is 0 Å². The van der Waals surface area contributed by atoms with Crippen LogP contribution in [0.25, 0.3) is 11.3 Å². The van der Waals surface area contributed by atoms with E-state index in [0.717, 1.165) is 18.2 Å². The fourth-order valence-electron chi connectivity index (χ4n) is 2.35. The molecule has 1 amide bonds. The maximum atomic E-state index is 13.4. The van der Waals surface area contributed by atoms with Gasteiger partial charge >= 0.3 is 6.18 Å². The van der Waals surface area contributed by atoms with Gasteiger partial charge < -0.3 is 16.4 Å². The van der Waals surface area contributed by atoms with Crippen molar-refractivity contribution in [2.45, 2.75) is 19.3 Å². The lowest BCUT2D eigenvalue weighted by atomic mass is 10.1. The molecule has 0 saturated heterocycles. The second-order valence-electron chi connectivity index (χ2n) is 6.07. The van der Waals surface area contributed by atoms with E-state index in [-0.39, 0.29) is 17.1 Å². The van der Waals surface area contributed by atoms with Crippen LogP contribution < -0.4 is 21.7 Å². The number of aromatic nitrogens is 1. The van der Waals surface area contributed by atoms with E-state index in [1.165, 1.54) is 12.1 Å². The van der Waals surface area contributed by atoms with E-state index in [9.17, 15) is 18.0 Å². The van der Waals surface area contributed by atoms with Crippen LogP contribution in [-0.4, -0.2) is 24.1 Å². The monoisotopic (exact) mass is 403 g/mol. The highest BCUT2D eigenvalue weighted by molar-refractivity contribution is 5.99. The van der Waals surface area contributed by atoms with Crippen LogP contribution in [0.1, 0.15) is 12.5 Å². The zero-order chi connectivity index (χ0) is 21.6. The number of rotatable bonds is 7. The molecule has 5 N–H and O–H groups in total. The summed E-state index contributed by atoms with van der Waals surface area (Å²) in [4.78, 5) is 15.7. The molecule has 1 atom stereocenters. The van der Waals surface area contributed by atoms with Gasteiger partial charge in [0.25, 0.3) is 0 Å². The van der Waals surface area contributed by atoms with Crippen molar-refractivity contribution in [3.8, 4) is 11.3 Å². The number of carbonyl (C=O) groups is 1. The van der Waals surface area contributed by atoms with Crippen molar-refractivity contribution in [2.24, 2.45) is 5.73 Å². The Bertz CT molecular complexity index is 921. The molecule has 1 heterocycles. The molecule has 0 fully saturated rings. The third kappa shape index (κ3) is 6.26. The van der Waals surface area contributed by atoms with Gasteiger partial charge in [-0.2, -0.15) is 13.2 Å². The summed E-state index contributed by atoms with van der Waals surface area (Å²) < 4.78 is 40.2. The van der Waals surface area contributed by atoms with Crippen molar-refractivity contribution in [1.82, 2.24) is 10.3 Å². The van der Waals surface area contributed by atoms with Crippen LogP contribution >= 0.6 is 0 Å². The van der Waals surface area contributed by atoms with Crippen LogP contribution in [0.5, 0.6) is 0 Å². The molecule has 6 nitrogen and oxygen atoms in total. The molecule has 0 aliphatic heterocycles. The topological polar surface area (TPSA) is 92.1 Å². The third-order valence-electron chi connectivity index (χ3n) is 3.66. The number of alkyl halides is 3. The summed E-state index contributed by atoms with van der Waals surface area (Å²) in [5, 5.41) is 8.25. The van der Waals surface area contributed by atoms with Gasteiger partial charge in [0.15, 0.2) is 0 Å². The molecule has 152 valence electrons. The molecule has 0 aliphatic rings. The summed E-state index contributed by atoms with van der Waals surface area (Å²) in [5.74, 6) is -0.476. The van der Waals surface area contributed by atoms with Crippen LogP contribution in [0, 0.1) is 12.1 Å². The average molecular weight is 403 g/mol. The summed E-state index contributed by atoms with van der Waals surface area (Å²) in [6.45, 7) is 5.01. The molecule has 0 radical (unpaired) electrons. The third-order valence-corrected chi connectivity index (χ3v) is 3.66. The van der Waals surface area contributed by atoms with Crippen molar-refractivity contribution in [1.29, 1.82) is 0 Å². The van der Waals surface area contributed by atoms with Crippen molar-refractivity contribution >= 4 is 17.4 Å². The molecule has 2 aromatic rings. The summed E-state index contributed by atoms with van der Waals surface area (Å²) in [6, 6.07) is 10.1. The van der Waals surface area contributed by atoms with Gasteiger partial charge in [0, 0.05) is 11.8 Å². The van der Waals surface area contributed by atoms with Crippen molar-refractivity contribution in [2.75, 3.05) is 17.7 Å². The van der Waals surface area contributed by atoms with Gasteiger partial charge in [-0.1, -0.05) is 18.7 Å². The second-order valence-corrected chi connectivity index (χ2v) is 6.07. The number of hydrogen-bond acceptors (Lipinski definition) is 5. The van der Waals surface area contributed by atoms with Gasteiger partial charge in [-0.25, -0.2) is 4.98 Å². The summed E-state index contributed by atoms with van der Waals surface area (Å²) in [6.07, 6.45) is -2.43. The first-order chi connectivity index (χ1) is 13.6. The Morgan fingerprint density at radius 2 is 2.07 bits per heavy atom. The summed E-state index contributed by atoms with van der Waals surface area (Å²) in [5.41, 5.74) is 5.80. The Morgan fingerprint density at radius 1 is 1.34 bits per heavy atom. The van der Waals surface area contributed by atoms with E-state index in [2.05, 4.69) is 39.6 Å². The first kappa shape index (κ1) is 21.8. The molecule has 0 aliphatic carbocycles. The number of anilines is 2. The molecule has 1 aromatic heterocycles. The second kappa shape index (κ2) is 9.12. The van der Waals surface area contributed by atoms with Gasteiger partial charge in [0.1, 0.15) is 5.82 Å². The van der Waals surface area contributed by atoms with E-state index >= 15 is 0 Å². The Labute approximate surface area is 166 Å². The highest BCUT2D eigenvalue weighted by atomic mass is 19.4. The predicted molar refractivity (Wildman–Crippen MR) is 106 cm³/mol. The predicted octanol–water partition coefficient (Wildman–Crippen LogP) is 3.31. The Balaban J connectivity index is 2.49. The summed E-state index contributed by atoms with van der Waals surface area (Å²) >= 11 is 0. The zero-order valence-corrected chi connectivity index (χ0v) is 15.8. The zero-order valence-electron chi connectivity index (χ0n) is 15.8. The molecule has 2 rings (SSSR count). The first-order valence-electron chi connectivity index (χ1n) is 8.46. The maximum absolute atomic E-state index is 13.4. The van der Waals surface area contributed by atoms with Crippen LogP contribution in [0.15, 0.2) is 48.7 Å². The highest BCUT2D eigenvalue weighted by Crippen LogP contribution is 2.33. The number of nitrogens with two attached hydrogens (primary N) is 1. The van der Waals surface area contributed by atoms with Crippen LogP contribution in [0.4, 0.5) is 24.7 Å². The minimum absolute atomic E-state index is 0.0107. The van der Waals surface area contributed by atoms with Gasteiger partial charge in [0.2, 0.25) is 5.91 Å². The summed E-state index contributed by atoms with van der Waals surface area (Å²) in [7, 11) is 1.63. The molecule has 1 aromatic carbocycles. The molecule has 9 heteroatoms. The fraction of sp³-hybridized carbons (Fsp3) is 0.200. The molecular weight excluding hydrogens is 383 g/mol. The van der Waals surface area contributed by atoms with Crippen molar-refractivity contribution in [3.63, 3.8) is 0 Å². The van der Waals surface area contributed by atoms with Crippen molar-refractivity contribution in [3.05, 3.63) is 66.4 Å². The van der Waals surface area contributed by atoms with Crippen LogP contribution in [0.3, 0.4) is 0 Å². The van der Waals surface area contributed by atoms with Gasteiger partial charge in [-0.05, 0) is 44.3 Å². The number of nitrogens with one attached hydrogen (secondary N) is 3. The minimum Gasteiger partial charge on any atom is -0.402 e. The molecule has 0 saturated carbocycles. The lowest BCUT2D eigenvalue weighted by Crippen LogP contribution is -2.32. The lowest BCUT2D eigenvalue weighted by Gasteiger charge is -2.18. The number of carbonyl (C=O) groups excluding carboxylic acids is 1. The van der Waals surface area contributed by atoms with E-state index in [0.29, 0.717) is 11.4 Å². The van der Waals surface area contributed by atoms with Gasteiger partial charge in [-0.3, -0.25) is 10.1 Å². The Kier molecular flexibility index (Phi) is 6.85. The number of allylic oxidation sites excluding steroid dienone is 1. The number of hydrogen-bond donors (Lipinski definition) is 4. The fourth-order valence-corrected chi connectivity index (χ4v) is 2.35. The minimum atomic E-state index is -4.58. The molecular formula is C20H20F3N5O. The Morgan fingerprint density at radius 3 is 2.66 bits per heavy atom. The number of nitrogens with zero attached hydrogens (tertiary/aromatic N) is 1. The molecule has 1 unspecified atom stereocenters.